The second-order valence-corrected chi connectivity index (χ2v) is 3.80. The Bertz CT molecular complexity index is 389. The lowest BCUT2D eigenvalue weighted by Gasteiger charge is -2.26. The van der Waals surface area contributed by atoms with Crippen molar-refractivity contribution < 1.29 is 13.9 Å². The van der Waals surface area contributed by atoms with Crippen LogP contribution in [0.1, 0.15) is 31.7 Å². The summed E-state index contributed by atoms with van der Waals surface area (Å²) < 4.78 is 18.9. The number of esters is 1. The van der Waals surface area contributed by atoms with Crippen LogP contribution < -0.4 is 0 Å². The number of carbonyl (C=O) groups excluding carboxylic acids is 1. The average Bonchev–Trinajstić information content (AvgIpc) is 2.62. The molecule has 0 amide bonds. The van der Waals surface area contributed by atoms with E-state index in [2.05, 4.69) is 0 Å². The highest BCUT2D eigenvalue weighted by molar-refractivity contribution is 5.72. The van der Waals surface area contributed by atoms with E-state index in [9.17, 15) is 9.18 Å². The van der Waals surface area contributed by atoms with E-state index in [0.717, 1.165) is 0 Å². The van der Waals surface area contributed by atoms with Gasteiger partial charge in [0.05, 0.1) is 0 Å². The second-order valence-electron chi connectivity index (χ2n) is 3.80. The highest BCUT2D eigenvalue weighted by Crippen LogP contribution is 2.40. The van der Waals surface area contributed by atoms with Gasteiger partial charge in [-0.25, -0.2) is 4.39 Å². The summed E-state index contributed by atoms with van der Waals surface area (Å²) in [6.07, 6.45) is 1.56. The van der Waals surface area contributed by atoms with E-state index < -0.39 is 5.60 Å². The van der Waals surface area contributed by atoms with Gasteiger partial charge in [-0.15, -0.1) is 0 Å². The SMILES string of the molecule is CCC1(c2ccccc2F)CCC(=O)O1. The summed E-state index contributed by atoms with van der Waals surface area (Å²) in [6, 6.07) is 6.50. The van der Waals surface area contributed by atoms with E-state index in [1.807, 2.05) is 6.92 Å². The summed E-state index contributed by atoms with van der Waals surface area (Å²) >= 11 is 0. The number of ether oxygens (including phenoxy) is 1. The largest absolute Gasteiger partial charge is 0.454 e. The van der Waals surface area contributed by atoms with Crippen LogP contribution in [0.5, 0.6) is 0 Å². The molecule has 1 aliphatic rings. The highest BCUT2D eigenvalue weighted by atomic mass is 19.1. The molecule has 1 saturated heterocycles. The maximum atomic E-state index is 13.6. The van der Waals surface area contributed by atoms with E-state index in [1.54, 1.807) is 18.2 Å². The minimum Gasteiger partial charge on any atom is -0.454 e. The van der Waals surface area contributed by atoms with Crippen molar-refractivity contribution in [3.8, 4) is 0 Å². The fourth-order valence-corrected chi connectivity index (χ4v) is 2.08. The van der Waals surface area contributed by atoms with Crippen LogP contribution >= 0.6 is 0 Å². The van der Waals surface area contributed by atoms with Gasteiger partial charge in [-0.3, -0.25) is 4.79 Å². The first kappa shape index (κ1) is 10.1. The van der Waals surface area contributed by atoms with Crippen molar-refractivity contribution in [1.29, 1.82) is 0 Å². The van der Waals surface area contributed by atoms with Crippen LogP contribution in [0, 0.1) is 5.82 Å². The predicted molar refractivity (Wildman–Crippen MR) is 53.7 cm³/mol. The molecule has 1 fully saturated rings. The van der Waals surface area contributed by atoms with E-state index in [1.165, 1.54) is 6.07 Å². The molecule has 1 atom stereocenters. The number of benzene rings is 1. The monoisotopic (exact) mass is 208 g/mol. The molecule has 0 radical (unpaired) electrons. The van der Waals surface area contributed by atoms with Gasteiger partial charge in [-0.1, -0.05) is 25.1 Å². The average molecular weight is 208 g/mol. The Kier molecular flexibility index (Phi) is 2.47. The molecular formula is C12H13FO2. The summed E-state index contributed by atoms with van der Waals surface area (Å²) in [4.78, 5) is 11.2. The molecule has 0 bridgehead atoms. The maximum absolute atomic E-state index is 13.6. The van der Waals surface area contributed by atoms with Gasteiger partial charge >= 0.3 is 5.97 Å². The Morgan fingerprint density at radius 2 is 2.20 bits per heavy atom. The van der Waals surface area contributed by atoms with E-state index in [0.29, 0.717) is 24.8 Å². The number of cyclic esters (lactones) is 1. The first-order chi connectivity index (χ1) is 7.18. The highest BCUT2D eigenvalue weighted by Gasteiger charge is 2.41. The zero-order valence-electron chi connectivity index (χ0n) is 8.63. The van der Waals surface area contributed by atoms with E-state index in [4.69, 9.17) is 4.74 Å². The van der Waals surface area contributed by atoms with Crippen LogP contribution in [0.3, 0.4) is 0 Å². The Hall–Kier alpha value is -1.38. The number of carbonyl (C=O) groups is 1. The normalized spacial score (nSPS) is 25.3. The molecule has 0 spiro atoms. The molecule has 1 aliphatic heterocycles. The van der Waals surface area contributed by atoms with Crippen molar-refractivity contribution in [2.24, 2.45) is 0 Å². The van der Waals surface area contributed by atoms with Crippen LogP contribution in [0.2, 0.25) is 0 Å². The lowest BCUT2D eigenvalue weighted by Crippen LogP contribution is -2.25. The van der Waals surface area contributed by atoms with E-state index in [-0.39, 0.29) is 11.8 Å². The van der Waals surface area contributed by atoms with Crippen molar-refractivity contribution in [3.63, 3.8) is 0 Å². The molecule has 1 aromatic carbocycles. The fourth-order valence-electron chi connectivity index (χ4n) is 2.08. The van der Waals surface area contributed by atoms with Crippen LogP contribution in [-0.2, 0) is 15.1 Å². The van der Waals surface area contributed by atoms with Crippen LogP contribution in [0.25, 0.3) is 0 Å². The molecule has 80 valence electrons. The zero-order chi connectivity index (χ0) is 10.9. The fraction of sp³-hybridized carbons (Fsp3) is 0.417. The van der Waals surface area contributed by atoms with Crippen molar-refractivity contribution >= 4 is 5.97 Å². The van der Waals surface area contributed by atoms with Gasteiger partial charge in [0.15, 0.2) is 0 Å². The topological polar surface area (TPSA) is 26.3 Å². The van der Waals surface area contributed by atoms with Gasteiger partial charge in [-0.05, 0) is 12.5 Å². The molecule has 1 heterocycles. The third kappa shape index (κ3) is 1.62. The Balaban J connectivity index is 2.43. The Morgan fingerprint density at radius 1 is 1.47 bits per heavy atom. The van der Waals surface area contributed by atoms with Gasteiger partial charge in [0.1, 0.15) is 11.4 Å². The molecule has 2 rings (SSSR count). The molecule has 2 nitrogen and oxygen atoms in total. The first-order valence-electron chi connectivity index (χ1n) is 5.15. The summed E-state index contributed by atoms with van der Waals surface area (Å²) in [5, 5.41) is 0. The molecule has 1 unspecified atom stereocenters. The number of hydrogen-bond donors (Lipinski definition) is 0. The lowest BCUT2D eigenvalue weighted by atomic mass is 9.88. The molecular weight excluding hydrogens is 195 g/mol. The van der Waals surface area contributed by atoms with Crippen LogP contribution in [0.4, 0.5) is 4.39 Å². The van der Waals surface area contributed by atoms with Gasteiger partial charge in [0.25, 0.3) is 0 Å². The molecule has 0 saturated carbocycles. The molecule has 3 heteroatoms. The summed E-state index contributed by atoms with van der Waals surface area (Å²) in [5.74, 6) is -0.533. The third-order valence-electron chi connectivity index (χ3n) is 2.98. The van der Waals surface area contributed by atoms with Crippen LogP contribution in [0.15, 0.2) is 24.3 Å². The van der Waals surface area contributed by atoms with Gasteiger partial charge in [0.2, 0.25) is 0 Å². The van der Waals surface area contributed by atoms with Crippen molar-refractivity contribution in [1.82, 2.24) is 0 Å². The van der Waals surface area contributed by atoms with Crippen molar-refractivity contribution in [2.75, 3.05) is 0 Å². The number of halogens is 1. The van der Waals surface area contributed by atoms with Gasteiger partial charge in [-0.2, -0.15) is 0 Å². The van der Waals surface area contributed by atoms with E-state index >= 15 is 0 Å². The molecule has 0 N–H and O–H groups in total. The molecule has 0 aliphatic carbocycles. The van der Waals surface area contributed by atoms with Gasteiger partial charge < -0.3 is 4.74 Å². The summed E-state index contributed by atoms with van der Waals surface area (Å²) in [7, 11) is 0. The number of hydrogen-bond acceptors (Lipinski definition) is 2. The molecule has 0 aromatic heterocycles. The first-order valence-corrected chi connectivity index (χ1v) is 5.15. The molecule has 15 heavy (non-hydrogen) atoms. The zero-order valence-corrected chi connectivity index (χ0v) is 8.63. The Morgan fingerprint density at radius 3 is 2.73 bits per heavy atom. The standard InChI is InChI=1S/C12H13FO2/c1-2-12(8-7-11(14)15-12)9-5-3-4-6-10(9)13/h3-6H,2,7-8H2,1H3. The third-order valence-corrected chi connectivity index (χ3v) is 2.98. The lowest BCUT2D eigenvalue weighted by molar-refractivity contribution is -0.149. The minimum absolute atomic E-state index is 0.236. The number of rotatable bonds is 2. The van der Waals surface area contributed by atoms with Gasteiger partial charge in [0, 0.05) is 18.4 Å². The predicted octanol–water partition coefficient (Wildman–Crippen LogP) is 2.77. The van der Waals surface area contributed by atoms with Crippen molar-refractivity contribution in [3.05, 3.63) is 35.6 Å². The van der Waals surface area contributed by atoms with Crippen molar-refractivity contribution in [2.45, 2.75) is 31.8 Å². The minimum atomic E-state index is -0.734. The van der Waals surface area contributed by atoms with Crippen LogP contribution in [-0.4, -0.2) is 5.97 Å². The smallest absolute Gasteiger partial charge is 0.306 e. The maximum Gasteiger partial charge on any atom is 0.306 e. The second kappa shape index (κ2) is 3.65. The quantitative estimate of drug-likeness (QED) is 0.698. The molecule has 1 aromatic rings. The Labute approximate surface area is 88.1 Å². The summed E-state index contributed by atoms with van der Waals surface area (Å²) in [5.41, 5.74) is -0.235. The summed E-state index contributed by atoms with van der Waals surface area (Å²) in [6.45, 7) is 1.91.